The van der Waals surface area contributed by atoms with Crippen LogP contribution in [0.25, 0.3) is 0 Å². The minimum atomic E-state index is -0.986. The molecular weight excluding hydrogens is 399 g/mol. The summed E-state index contributed by atoms with van der Waals surface area (Å²) in [5.74, 6) is -1.05. The smallest absolute Gasteiger partial charge is 0.335 e. The van der Waals surface area contributed by atoms with Crippen molar-refractivity contribution in [3.05, 3.63) is 77.6 Å². The first-order valence-corrected chi connectivity index (χ1v) is 10.1. The summed E-state index contributed by atoms with van der Waals surface area (Å²) in [6, 6.07) is 11.0. The van der Waals surface area contributed by atoms with Gasteiger partial charge in [-0.3, -0.25) is 9.69 Å². The minimum Gasteiger partial charge on any atom is -0.508 e. The van der Waals surface area contributed by atoms with E-state index < -0.39 is 5.97 Å². The summed E-state index contributed by atoms with van der Waals surface area (Å²) in [4.78, 5) is 26.1. The van der Waals surface area contributed by atoms with Crippen LogP contribution < -0.4 is 0 Å². The largest absolute Gasteiger partial charge is 0.508 e. The van der Waals surface area contributed by atoms with Crippen LogP contribution in [0.1, 0.15) is 28.4 Å². The number of halogens is 1. The Hall–Kier alpha value is -3.19. The summed E-state index contributed by atoms with van der Waals surface area (Å²) >= 11 is 0. The molecule has 166 valence electrons. The normalized spacial score (nSPS) is 16.2. The van der Waals surface area contributed by atoms with E-state index in [1.165, 1.54) is 30.3 Å². The first kappa shape index (κ1) is 24.1. The second-order valence-corrected chi connectivity index (χ2v) is 7.57. The summed E-state index contributed by atoms with van der Waals surface area (Å²) in [7, 11) is 0. The SMILES string of the molecule is C=CC(=O)N1CCN(CCc2ccc(C)c(F)c2)C[C@H]1C.O=C(O)c1ccc(O)cc1. The van der Waals surface area contributed by atoms with Crippen molar-refractivity contribution in [2.75, 3.05) is 26.2 Å². The Morgan fingerprint density at radius 1 is 1.19 bits per heavy atom. The lowest BCUT2D eigenvalue weighted by molar-refractivity contribution is -0.130. The Morgan fingerprint density at radius 3 is 2.42 bits per heavy atom. The van der Waals surface area contributed by atoms with Gasteiger partial charge in [0.05, 0.1) is 5.56 Å². The van der Waals surface area contributed by atoms with Gasteiger partial charge in [0.15, 0.2) is 0 Å². The number of amides is 1. The highest BCUT2D eigenvalue weighted by Crippen LogP contribution is 2.13. The van der Waals surface area contributed by atoms with E-state index in [-0.39, 0.29) is 29.1 Å². The molecule has 7 heteroatoms. The van der Waals surface area contributed by atoms with E-state index >= 15 is 0 Å². The quantitative estimate of drug-likeness (QED) is 0.713. The van der Waals surface area contributed by atoms with Gasteiger partial charge < -0.3 is 15.1 Å². The summed E-state index contributed by atoms with van der Waals surface area (Å²) in [6.07, 6.45) is 2.21. The van der Waals surface area contributed by atoms with Crippen LogP contribution in [0.15, 0.2) is 55.1 Å². The van der Waals surface area contributed by atoms with Gasteiger partial charge in [-0.2, -0.15) is 0 Å². The molecule has 0 saturated carbocycles. The molecule has 1 aliphatic rings. The van der Waals surface area contributed by atoms with E-state index in [1.807, 2.05) is 17.0 Å². The molecule has 1 saturated heterocycles. The van der Waals surface area contributed by atoms with Crippen LogP contribution in [0.4, 0.5) is 4.39 Å². The molecule has 1 atom stereocenters. The molecule has 0 spiro atoms. The number of phenols is 1. The zero-order chi connectivity index (χ0) is 23.0. The van der Waals surface area contributed by atoms with Crippen molar-refractivity contribution in [1.82, 2.24) is 9.80 Å². The third-order valence-corrected chi connectivity index (χ3v) is 5.24. The predicted octanol–water partition coefficient (Wildman–Crippen LogP) is 3.49. The van der Waals surface area contributed by atoms with Gasteiger partial charge in [0, 0.05) is 32.2 Å². The van der Waals surface area contributed by atoms with E-state index in [2.05, 4.69) is 18.4 Å². The zero-order valence-corrected chi connectivity index (χ0v) is 17.9. The number of carbonyl (C=O) groups is 2. The highest BCUT2D eigenvalue weighted by atomic mass is 19.1. The predicted molar refractivity (Wildman–Crippen MR) is 118 cm³/mol. The molecule has 31 heavy (non-hydrogen) atoms. The average Bonchev–Trinajstić information content (AvgIpc) is 2.75. The lowest BCUT2D eigenvalue weighted by atomic mass is 10.1. The van der Waals surface area contributed by atoms with Gasteiger partial charge in [-0.05, 0) is 67.8 Å². The Kier molecular flexibility index (Phi) is 8.75. The van der Waals surface area contributed by atoms with Crippen LogP contribution in [0.2, 0.25) is 0 Å². The number of nitrogens with zero attached hydrogens (tertiary/aromatic N) is 2. The Balaban J connectivity index is 0.000000285. The molecule has 0 bridgehead atoms. The number of phenolic OH excluding ortho intramolecular Hbond substituents is 1. The number of carbonyl (C=O) groups excluding carboxylic acids is 1. The monoisotopic (exact) mass is 428 g/mol. The van der Waals surface area contributed by atoms with Gasteiger partial charge in [0.2, 0.25) is 5.91 Å². The molecule has 0 radical (unpaired) electrons. The average molecular weight is 429 g/mol. The van der Waals surface area contributed by atoms with Crippen molar-refractivity contribution in [2.45, 2.75) is 26.3 Å². The minimum absolute atomic E-state index is 0.00255. The molecule has 2 aromatic rings. The number of aromatic carboxylic acids is 1. The van der Waals surface area contributed by atoms with E-state index in [4.69, 9.17) is 10.2 Å². The Morgan fingerprint density at radius 2 is 1.87 bits per heavy atom. The maximum atomic E-state index is 13.5. The van der Waals surface area contributed by atoms with Gasteiger partial charge in [0.25, 0.3) is 0 Å². The maximum absolute atomic E-state index is 13.5. The molecule has 0 aromatic heterocycles. The number of rotatable bonds is 5. The molecule has 1 aliphatic heterocycles. The number of piperazine rings is 1. The summed E-state index contributed by atoms with van der Waals surface area (Å²) in [6.45, 7) is 10.7. The van der Waals surface area contributed by atoms with Crippen LogP contribution in [0.5, 0.6) is 5.75 Å². The van der Waals surface area contributed by atoms with Crippen LogP contribution in [0.3, 0.4) is 0 Å². The summed E-state index contributed by atoms with van der Waals surface area (Å²) in [5, 5.41) is 17.1. The van der Waals surface area contributed by atoms with Gasteiger partial charge in [-0.15, -0.1) is 0 Å². The van der Waals surface area contributed by atoms with Gasteiger partial charge in [0.1, 0.15) is 11.6 Å². The Labute approximate surface area is 182 Å². The van der Waals surface area contributed by atoms with E-state index in [0.29, 0.717) is 5.56 Å². The fourth-order valence-corrected chi connectivity index (χ4v) is 3.36. The number of benzene rings is 2. The van der Waals surface area contributed by atoms with Gasteiger partial charge in [-0.1, -0.05) is 18.7 Å². The maximum Gasteiger partial charge on any atom is 0.335 e. The lowest BCUT2D eigenvalue weighted by Gasteiger charge is -2.39. The number of aryl methyl sites for hydroxylation is 1. The molecule has 0 aliphatic carbocycles. The molecule has 6 nitrogen and oxygen atoms in total. The summed E-state index contributed by atoms with van der Waals surface area (Å²) in [5.41, 5.74) is 1.89. The molecule has 3 rings (SSSR count). The Bertz CT molecular complexity index is 914. The second-order valence-electron chi connectivity index (χ2n) is 7.57. The van der Waals surface area contributed by atoms with E-state index in [0.717, 1.165) is 38.2 Å². The van der Waals surface area contributed by atoms with Crippen molar-refractivity contribution in [1.29, 1.82) is 0 Å². The van der Waals surface area contributed by atoms with Gasteiger partial charge >= 0.3 is 5.97 Å². The number of carboxylic acids is 1. The van der Waals surface area contributed by atoms with Crippen molar-refractivity contribution in [3.8, 4) is 5.75 Å². The van der Waals surface area contributed by atoms with Crippen molar-refractivity contribution >= 4 is 11.9 Å². The van der Waals surface area contributed by atoms with Crippen LogP contribution in [-0.2, 0) is 11.2 Å². The van der Waals surface area contributed by atoms with Crippen molar-refractivity contribution in [3.63, 3.8) is 0 Å². The number of carboxylic acid groups (broad SMARTS) is 1. The van der Waals surface area contributed by atoms with Crippen molar-refractivity contribution in [2.24, 2.45) is 0 Å². The lowest BCUT2D eigenvalue weighted by Crippen LogP contribution is -2.53. The number of aromatic hydroxyl groups is 1. The fourth-order valence-electron chi connectivity index (χ4n) is 3.36. The third kappa shape index (κ3) is 7.22. The molecule has 1 amide bonds. The molecule has 2 aromatic carbocycles. The second kappa shape index (κ2) is 11.3. The first-order chi connectivity index (χ1) is 14.7. The van der Waals surface area contributed by atoms with Crippen molar-refractivity contribution < 1.29 is 24.2 Å². The molecule has 1 fully saturated rings. The molecular formula is C24H29FN2O4. The number of hydrogen-bond donors (Lipinski definition) is 2. The van der Waals surface area contributed by atoms with Gasteiger partial charge in [-0.25, -0.2) is 9.18 Å². The molecule has 2 N–H and O–H groups in total. The molecule has 1 heterocycles. The fraction of sp³-hybridized carbons (Fsp3) is 0.333. The zero-order valence-electron chi connectivity index (χ0n) is 17.9. The van der Waals surface area contributed by atoms with E-state index in [1.54, 1.807) is 13.0 Å². The first-order valence-electron chi connectivity index (χ1n) is 10.1. The highest BCUT2D eigenvalue weighted by molar-refractivity contribution is 5.87. The van der Waals surface area contributed by atoms with Crippen LogP contribution in [-0.4, -0.2) is 64.1 Å². The third-order valence-electron chi connectivity index (χ3n) is 5.24. The highest BCUT2D eigenvalue weighted by Gasteiger charge is 2.25. The number of hydrogen-bond acceptors (Lipinski definition) is 4. The summed E-state index contributed by atoms with van der Waals surface area (Å²) < 4.78 is 13.5. The molecule has 0 unspecified atom stereocenters. The topological polar surface area (TPSA) is 81.1 Å². The standard InChI is InChI=1S/C17H23FN2O.C7H6O3/c1-4-17(21)20-10-9-19(12-14(20)3)8-7-15-6-5-13(2)16(18)11-15;8-6-3-1-5(2-4-6)7(9)10/h4-6,11,14H,1,7-10,12H2,2-3H3;1-4,8H,(H,9,10)/t14-;/m1./s1. The van der Waals surface area contributed by atoms with E-state index in [9.17, 15) is 14.0 Å². The van der Waals surface area contributed by atoms with Crippen LogP contribution in [0, 0.1) is 12.7 Å². The van der Waals surface area contributed by atoms with Crippen LogP contribution >= 0.6 is 0 Å².